The van der Waals surface area contributed by atoms with Crippen molar-refractivity contribution in [3.05, 3.63) is 42.0 Å². The van der Waals surface area contributed by atoms with Crippen LogP contribution in [0.1, 0.15) is 12.0 Å². The van der Waals surface area contributed by atoms with Crippen LogP contribution in [0.3, 0.4) is 0 Å². The Hall–Kier alpha value is -2.89. The molecule has 1 amide bonds. The molecule has 2 aromatic rings. The summed E-state index contributed by atoms with van der Waals surface area (Å²) < 4.78 is 16.0. The van der Waals surface area contributed by atoms with Gasteiger partial charge in [0.15, 0.2) is 11.5 Å². The summed E-state index contributed by atoms with van der Waals surface area (Å²) in [6, 6.07) is 11.7. The average Bonchev–Trinajstić information content (AvgIpc) is 2.70. The summed E-state index contributed by atoms with van der Waals surface area (Å²) in [5.41, 5.74) is 2.97. The number of ether oxygens (including phenoxy) is 3. The van der Waals surface area contributed by atoms with Crippen LogP contribution in [0.25, 0.3) is 0 Å². The molecule has 26 heavy (non-hydrogen) atoms. The van der Waals surface area contributed by atoms with Gasteiger partial charge in [-0.1, -0.05) is 18.2 Å². The maximum atomic E-state index is 12.7. The van der Waals surface area contributed by atoms with Crippen molar-refractivity contribution in [3.8, 4) is 17.2 Å². The molecule has 0 radical (unpaired) electrons. The van der Waals surface area contributed by atoms with Crippen molar-refractivity contribution in [2.75, 3.05) is 44.6 Å². The highest BCUT2D eigenvalue weighted by atomic mass is 16.5. The summed E-state index contributed by atoms with van der Waals surface area (Å²) in [4.78, 5) is 14.6. The minimum absolute atomic E-state index is 0.0332. The minimum Gasteiger partial charge on any atom is -0.493 e. The Balaban J connectivity index is 1.74. The van der Waals surface area contributed by atoms with Gasteiger partial charge >= 0.3 is 0 Å². The van der Waals surface area contributed by atoms with Gasteiger partial charge in [-0.25, -0.2) is 0 Å². The first kappa shape index (κ1) is 17.9. The van der Waals surface area contributed by atoms with Gasteiger partial charge in [-0.05, 0) is 24.5 Å². The molecule has 0 saturated heterocycles. The highest BCUT2D eigenvalue weighted by molar-refractivity contribution is 5.97. The van der Waals surface area contributed by atoms with Crippen LogP contribution >= 0.6 is 0 Å². The molecule has 1 heterocycles. The number of carbonyl (C=O) groups is 1. The highest BCUT2D eigenvalue weighted by Crippen LogP contribution is 2.39. The number of hydrogen-bond donors (Lipinski definition) is 1. The molecule has 1 aliphatic rings. The number of nitrogens with one attached hydrogen (secondary N) is 1. The van der Waals surface area contributed by atoms with Crippen molar-refractivity contribution in [1.29, 1.82) is 0 Å². The molecule has 0 aliphatic carbocycles. The van der Waals surface area contributed by atoms with Gasteiger partial charge in [0.2, 0.25) is 11.7 Å². The Bertz CT molecular complexity index is 766. The monoisotopic (exact) mass is 356 g/mol. The molecule has 1 aliphatic heterocycles. The van der Waals surface area contributed by atoms with Crippen LogP contribution in [0.4, 0.5) is 11.4 Å². The Morgan fingerprint density at radius 3 is 2.42 bits per heavy atom. The van der Waals surface area contributed by atoms with Crippen molar-refractivity contribution in [2.45, 2.75) is 12.8 Å². The number of fused-ring (bicyclic) bond motifs is 1. The van der Waals surface area contributed by atoms with Crippen LogP contribution in [-0.2, 0) is 11.2 Å². The van der Waals surface area contributed by atoms with E-state index in [2.05, 4.69) is 11.4 Å². The van der Waals surface area contributed by atoms with E-state index in [0.717, 1.165) is 30.8 Å². The number of aryl methyl sites for hydroxylation is 1. The maximum absolute atomic E-state index is 12.7. The summed E-state index contributed by atoms with van der Waals surface area (Å²) >= 11 is 0. The van der Waals surface area contributed by atoms with Crippen molar-refractivity contribution in [2.24, 2.45) is 0 Å². The summed E-state index contributed by atoms with van der Waals surface area (Å²) in [6.07, 6.45) is 1.99. The third-order valence-corrected chi connectivity index (χ3v) is 4.52. The number of anilines is 2. The molecular weight excluding hydrogens is 332 g/mol. The van der Waals surface area contributed by atoms with E-state index in [1.165, 1.54) is 5.56 Å². The molecule has 2 aromatic carbocycles. The van der Waals surface area contributed by atoms with E-state index in [0.29, 0.717) is 17.2 Å². The fourth-order valence-corrected chi connectivity index (χ4v) is 3.25. The van der Waals surface area contributed by atoms with E-state index >= 15 is 0 Å². The molecule has 1 N–H and O–H groups in total. The number of rotatable bonds is 6. The van der Waals surface area contributed by atoms with Gasteiger partial charge in [-0.15, -0.1) is 0 Å². The smallest absolute Gasteiger partial charge is 0.246 e. The van der Waals surface area contributed by atoms with Gasteiger partial charge in [0.05, 0.1) is 27.9 Å². The molecule has 3 rings (SSSR count). The predicted molar refractivity (Wildman–Crippen MR) is 102 cm³/mol. The van der Waals surface area contributed by atoms with Gasteiger partial charge in [0, 0.05) is 30.1 Å². The SMILES string of the molecule is COc1cc(NCC(=O)N2CCCc3ccccc32)cc(OC)c1OC. The second-order valence-corrected chi connectivity index (χ2v) is 6.05. The fourth-order valence-electron chi connectivity index (χ4n) is 3.25. The van der Waals surface area contributed by atoms with Crippen LogP contribution in [0, 0.1) is 0 Å². The molecule has 0 aromatic heterocycles. The van der Waals surface area contributed by atoms with Gasteiger partial charge in [-0.3, -0.25) is 4.79 Å². The molecular formula is C20H24N2O4. The zero-order valence-electron chi connectivity index (χ0n) is 15.4. The maximum Gasteiger partial charge on any atom is 0.246 e. The van der Waals surface area contributed by atoms with E-state index in [1.54, 1.807) is 33.5 Å². The number of amides is 1. The Labute approximate surface area is 153 Å². The molecule has 0 unspecified atom stereocenters. The standard InChI is InChI=1S/C20H24N2O4/c1-24-17-11-15(12-18(25-2)20(17)26-3)21-13-19(23)22-10-6-8-14-7-4-5-9-16(14)22/h4-5,7,9,11-12,21H,6,8,10,13H2,1-3H3. The molecule has 0 atom stereocenters. The first-order valence-electron chi connectivity index (χ1n) is 8.60. The second-order valence-electron chi connectivity index (χ2n) is 6.05. The van der Waals surface area contributed by atoms with E-state index < -0.39 is 0 Å². The molecule has 138 valence electrons. The molecule has 0 saturated carbocycles. The fraction of sp³-hybridized carbons (Fsp3) is 0.350. The average molecular weight is 356 g/mol. The highest BCUT2D eigenvalue weighted by Gasteiger charge is 2.22. The quantitative estimate of drug-likeness (QED) is 0.862. The molecule has 0 spiro atoms. The topological polar surface area (TPSA) is 60.0 Å². The predicted octanol–water partition coefficient (Wildman–Crippen LogP) is 3.10. The van der Waals surface area contributed by atoms with Gasteiger partial charge in [0.1, 0.15) is 0 Å². The largest absolute Gasteiger partial charge is 0.493 e. The van der Waals surface area contributed by atoms with E-state index in [1.807, 2.05) is 23.1 Å². The third-order valence-electron chi connectivity index (χ3n) is 4.52. The lowest BCUT2D eigenvalue weighted by molar-refractivity contribution is -0.117. The van der Waals surface area contributed by atoms with Gasteiger partial charge in [-0.2, -0.15) is 0 Å². The Morgan fingerprint density at radius 1 is 1.08 bits per heavy atom. The summed E-state index contributed by atoms with van der Waals surface area (Å²) in [5.74, 6) is 1.65. The minimum atomic E-state index is 0.0332. The number of hydrogen-bond acceptors (Lipinski definition) is 5. The molecule has 6 heteroatoms. The molecule has 0 bridgehead atoms. The van der Waals surface area contributed by atoms with Crippen LogP contribution in [0.5, 0.6) is 17.2 Å². The van der Waals surface area contributed by atoms with E-state index in [9.17, 15) is 4.79 Å². The Morgan fingerprint density at radius 2 is 1.77 bits per heavy atom. The van der Waals surface area contributed by atoms with Gasteiger partial charge in [0.25, 0.3) is 0 Å². The van der Waals surface area contributed by atoms with Crippen molar-refractivity contribution in [3.63, 3.8) is 0 Å². The lowest BCUT2D eigenvalue weighted by Gasteiger charge is -2.29. The van der Waals surface area contributed by atoms with Crippen LogP contribution in [-0.4, -0.2) is 40.3 Å². The van der Waals surface area contributed by atoms with Crippen molar-refractivity contribution >= 4 is 17.3 Å². The summed E-state index contributed by atoms with van der Waals surface area (Å²) in [6.45, 7) is 0.930. The van der Waals surface area contributed by atoms with E-state index in [4.69, 9.17) is 14.2 Å². The van der Waals surface area contributed by atoms with Crippen molar-refractivity contribution in [1.82, 2.24) is 0 Å². The Kier molecular flexibility index (Phi) is 5.51. The zero-order valence-corrected chi connectivity index (χ0v) is 15.4. The zero-order chi connectivity index (χ0) is 18.5. The summed E-state index contributed by atoms with van der Waals surface area (Å²) in [5, 5.41) is 3.17. The lowest BCUT2D eigenvalue weighted by atomic mass is 10.0. The van der Waals surface area contributed by atoms with Crippen molar-refractivity contribution < 1.29 is 19.0 Å². The first-order chi connectivity index (χ1) is 12.7. The van der Waals surface area contributed by atoms with Crippen LogP contribution < -0.4 is 24.4 Å². The number of carbonyl (C=O) groups excluding carboxylic acids is 1. The van der Waals surface area contributed by atoms with Crippen LogP contribution in [0.15, 0.2) is 36.4 Å². The molecule has 0 fully saturated rings. The normalized spacial score (nSPS) is 13.0. The number of nitrogens with zero attached hydrogens (tertiary/aromatic N) is 1. The second kappa shape index (κ2) is 7.99. The number of para-hydroxylation sites is 1. The number of benzene rings is 2. The van der Waals surface area contributed by atoms with E-state index in [-0.39, 0.29) is 12.5 Å². The molecule has 6 nitrogen and oxygen atoms in total. The number of methoxy groups -OCH3 is 3. The first-order valence-corrected chi connectivity index (χ1v) is 8.60. The summed E-state index contributed by atoms with van der Waals surface area (Å²) in [7, 11) is 4.69. The third kappa shape index (κ3) is 3.54. The van der Waals surface area contributed by atoms with Gasteiger partial charge < -0.3 is 24.4 Å². The van der Waals surface area contributed by atoms with Crippen LogP contribution in [0.2, 0.25) is 0 Å². The lowest BCUT2D eigenvalue weighted by Crippen LogP contribution is -2.39.